The van der Waals surface area contributed by atoms with Crippen LogP contribution in [0.2, 0.25) is 39.3 Å². The molecule has 0 heterocycles. The van der Waals surface area contributed by atoms with Gasteiger partial charge in [0, 0.05) is 0 Å². The molecule has 0 N–H and O–H groups in total. The van der Waals surface area contributed by atoms with Crippen LogP contribution in [0.4, 0.5) is 0 Å². The Kier molecular flexibility index (Phi) is 6.39. The maximum atomic E-state index is 11.5. The molecule has 0 aliphatic heterocycles. The second-order valence-electron chi connectivity index (χ2n) is 5.95. The quantitative estimate of drug-likeness (QED) is 0.608. The molecule has 0 spiro atoms. The molecule has 0 saturated heterocycles. The van der Waals surface area contributed by atoms with E-state index in [9.17, 15) is 16.8 Å². The fourth-order valence-corrected chi connectivity index (χ4v) is 8.21. The lowest BCUT2D eigenvalue weighted by Gasteiger charge is -2.18. The van der Waals surface area contributed by atoms with Crippen LogP contribution < -0.4 is 0 Å². The molecule has 0 aromatic carbocycles. The van der Waals surface area contributed by atoms with Crippen LogP contribution >= 0.6 is 0 Å². The van der Waals surface area contributed by atoms with Crippen LogP contribution in [0.25, 0.3) is 0 Å². The van der Waals surface area contributed by atoms with E-state index in [2.05, 4.69) is 4.74 Å². The van der Waals surface area contributed by atoms with Crippen molar-refractivity contribution >= 4 is 36.9 Å². The van der Waals surface area contributed by atoms with Gasteiger partial charge in [0.2, 0.25) is 16.6 Å². The van der Waals surface area contributed by atoms with E-state index in [1.165, 1.54) is 0 Å². The predicted octanol–water partition coefficient (Wildman–Crippen LogP) is 1.28. The minimum atomic E-state index is -3.87. The summed E-state index contributed by atoms with van der Waals surface area (Å²) in [4.78, 5) is 0. The Morgan fingerprint density at radius 1 is 0.684 bits per heavy atom. The molecule has 0 aliphatic rings. The zero-order valence-corrected chi connectivity index (χ0v) is 15.7. The molecule has 0 aromatic rings. The van der Waals surface area contributed by atoms with Gasteiger partial charge in [-0.15, -0.1) is 0 Å². The first kappa shape index (κ1) is 19.2. The highest BCUT2D eigenvalue weighted by atomic mass is 32.2. The number of rotatable bonds is 8. The summed E-state index contributed by atoms with van der Waals surface area (Å²) in [6.45, 7) is 10.2. The Labute approximate surface area is 117 Å². The van der Waals surface area contributed by atoms with E-state index >= 15 is 0 Å². The topological polar surface area (TPSA) is 96.0 Å². The average Bonchev–Trinajstić information content (AvgIpc) is 1.90. The van der Waals surface area contributed by atoms with Crippen LogP contribution in [-0.4, -0.2) is 45.3 Å². The van der Waals surface area contributed by atoms with E-state index in [4.69, 9.17) is 7.74 Å². The summed E-state index contributed by atoms with van der Waals surface area (Å²) in [7, 11) is -12.3. The fourth-order valence-electron chi connectivity index (χ4n) is 1.05. The van der Waals surface area contributed by atoms with Gasteiger partial charge in [0.15, 0.2) is 11.9 Å². The summed E-state index contributed by atoms with van der Waals surface area (Å²) in [5, 5.41) is 0. The lowest BCUT2D eigenvalue weighted by Crippen LogP contribution is -2.33. The Hall–Kier alpha value is 0.214. The van der Waals surface area contributed by atoms with Crippen LogP contribution in [0.15, 0.2) is 0 Å². The SMILES string of the molecule is C[Si](C)(C)OS(=O)(=O)COCS(=O)(=O)O[Si](C)(C)C. The molecule has 0 aromatic heterocycles. The highest BCUT2D eigenvalue weighted by Crippen LogP contribution is 2.11. The minimum absolute atomic E-state index is 0.800. The third-order valence-electron chi connectivity index (χ3n) is 1.21. The van der Waals surface area contributed by atoms with Crippen molar-refractivity contribution < 1.29 is 29.3 Å². The van der Waals surface area contributed by atoms with Crippen molar-refractivity contribution in [1.82, 2.24) is 0 Å². The molecule has 19 heavy (non-hydrogen) atoms. The Balaban J connectivity index is 4.39. The first-order chi connectivity index (χ1) is 8.12. The summed E-state index contributed by atoms with van der Waals surface area (Å²) in [5.41, 5.74) is 0. The van der Waals surface area contributed by atoms with Crippen LogP contribution in [0.5, 0.6) is 0 Å². The summed E-state index contributed by atoms with van der Waals surface area (Å²) >= 11 is 0. The molecule has 0 radical (unpaired) electrons. The van der Waals surface area contributed by atoms with Gasteiger partial charge >= 0.3 is 0 Å². The second kappa shape index (κ2) is 6.32. The van der Waals surface area contributed by atoms with Gasteiger partial charge in [-0.1, -0.05) is 0 Å². The maximum absolute atomic E-state index is 11.5. The van der Waals surface area contributed by atoms with Crippen molar-refractivity contribution in [2.45, 2.75) is 39.3 Å². The van der Waals surface area contributed by atoms with Crippen LogP contribution in [-0.2, 0) is 32.7 Å². The molecular formula is C8H22O7S2Si2. The van der Waals surface area contributed by atoms with Gasteiger partial charge < -0.3 is 12.5 Å². The van der Waals surface area contributed by atoms with E-state index in [1.807, 2.05) is 0 Å². The van der Waals surface area contributed by atoms with E-state index in [1.54, 1.807) is 39.3 Å². The van der Waals surface area contributed by atoms with E-state index in [0.29, 0.717) is 0 Å². The Morgan fingerprint density at radius 2 is 0.947 bits per heavy atom. The molecule has 0 bridgehead atoms. The molecule has 0 amide bonds. The number of ether oxygens (including phenoxy) is 1. The van der Waals surface area contributed by atoms with Gasteiger partial charge in [-0.05, 0) is 39.3 Å². The molecule has 7 nitrogen and oxygen atoms in total. The highest BCUT2D eigenvalue weighted by molar-refractivity contribution is 7.88. The first-order valence-corrected chi connectivity index (χ1v) is 15.5. The van der Waals surface area contributed by atoms with Crippen molar-refractivity contribution in [2.24, 2.45) is 0 Å². The van der Waals surface area contributed by atoms with Gasteiger partial charge in [-0.25, -0.2) is 0 Å². The summed E-state index contributed by atoms with van der Waals surface area (Å²) in [6, 6.07) is 0. The summed E-state index contributed by atoms with van der Waals surface area (Å²) < 4.78 is 60.4. The van der Waals surface area contributed by atoms with Crippen LogP contribution in [0.3, 0.4) is 0 Å². The summed E-state index contributed by atoms with van der Waals surface area (Å²) in [5.74, 6) is -1.60. The molecule has 0 unspecified atom stereocenters. The van der Waals surface area contributed by atoms with Gasteiger partial charge in [0.25, 0.3) is 20.2 Å². The normalized spacial score (nSPS) is 14.6. The molecular weight excluding hydrogens is 328 g/mol. The second-order valence-corrected chi connectivity index (χ2v) is 18.4. The standard InChI is InChI=1S/C8H22O7S2Si2/c1-18(2,3)14-16(9,10)7-13-8-17(11,12)15-19(4,5)6/h7-8H2,1-6H3. The van der Waals surface area contributed by atoms with E-state index in [-0.39, 0.29) is 0 Å². The minimum Gasteiger partial charge on any atom is -0.345 e. The molecule has 0 saturated carbocycles. The lowest BCUT2D eigenvalue weighted by molar-refractivity contribution is 0.210. The largest absolute Gasteiger partial charge is 0.345 e. The van der Waals surface area contributed by atoms with E-state index < -0.39 is 48.7 Å². The van der Waals surface area contributed by atoms with Crippen molar-refractivity contribution in [3.05, 3.63) is 0 Å². The fraction of sp³-hybridized carbons (Fsp3) is 1.00. The van der Waals surface area contributed by atoms with Crippen molar-refractivity contribution in [2.75, 3.05) is 11.9 Å². The van der Waals surface area contributed by atoms with Crippen molar-refractivity contribution in [3.63, 3.8) is 0 Å². The Bertz CT molecular complexity index is 438. The number of hydrogen-bond acceptors (Lipinski definition) is 7. The van der Waals surface area contributed by atoms with Gasteiger partial charge in [0.05, 0.1) is 0 Å². The molecule has 0 aliphatic carbocycles. The zero-order chi connectivity index (χ0) is 15.5. The molecule has 0 fully saturated rings. The molecule has 0 atom stereocenters. The maximum Gasteiger partial charge on any atom is 0.282 e. The smallest absolute Gasteiger partial charge is 0.282 e. The van der Waals surface area contributed by atoms with Crippen LogP contribution in [0, 0.1) is 0 Å². The molecule has 116 valence electrons. The molecule has 11 heteroatoms. The van der Waals surface area contributed by atoms with Crippen LogP contribution in [0.1, 0.15) is 0 Å². The molecule has 0 rings (SSSR count). The highest BCUT2D eigenvalue weighted by Gasteiger charge is 2.27. The van der Waals surface area contributed by atoms with E-state index in [0.717, 1.165) is 0 Å². The van der Waals surface area contributed by atoms with Gasteiger partial charge in [-0.3, -0.25) is 0 Å². The van der Waals surface area contributed by atoms with Crippen molar-refractivity contribution in [3.8, 4) is 0 Å². The van der Waals surface area contributed by atoms with Gasteiger partial charge in [-0.2, -0.15) is 16.8 Å². The Morgan fingerprint density at radius 3 is 1.16 bits per heavy atom. The zero-order valence-electron chi connectivity index (χ0n) is 12.1. The summed E-state index contributed by atoms with van der Waals surface area (Å²) in [6.07, 6.45) is 0. The lowest BCUT2D eigenvalue weighted by atomic mass is 11.5. The van der Waals surface area contributed by atoms with Gasteiger partial charge in [0.1, 0.15) is 0 Å². The average molecular weight is 351 g/mol. The van der Waals surface area contributed by atoms with Crippen molar-refractivity contribution in [1.29, 1.82) is 0 Å². The predicted molar refractivity (Wildman–Crippen MR) is 77.5 cm³/mol. The number of hydrogen-bond donors (Lipinski definition) is 0. The monoisotopic (exact) mass is 350 g/mol. The third-order valence-corrected chi connectivity index (χ3v) is 8.15. The first-order valence-electron chi connectivity index (χ1n) is 5.56. The third kappa shape index (κ3) is 11.7.